The van der Waals surface area contributed by atoms with Gasteiger partial charge < -0.3 is 4.89 Å². The molecule has 0 saturated carbocycles. The zero-order valence-electron chi connectivity index (χ0n) is 4.70. The minimum absolute atomic E-state index is 0. The Morgan fingerprint density at radius 3 is 1.62 bits per heavy atom. The zero-order chi connectivity index (χ0) is 5.91. The van der Waals surface area contributed by atoms with E-state index in [-0.39, 0.29) is 32.7 Å². The largest absolute Gasteiger partial charge is 0.471 e. The summed E-state index contributed by atoms with van der Waals surface area (Å²) in [6.07, 6.45) is 0. The van der Waals surface area contributed by atoms with Crippen LogP contribution in [0.4, 0.5) is 0 Å². The molecule has 0 aliphatic rings. The maximum atomic E-state index is 10.1. The van der Waals surface area contributed by atoms with Crippen molar-refractivity contribution in [1.29, 1.82) is 0 Å². The van der Waals surface area contributed by atoms with Crippen molar-refractivity contribution in [2.24, 2.45) is 0 Å². The molecule has 0 amide bonds. The third-order valence-corrected chi connectivity index (χ3v) is 1.38. The Hall–Kier alpha value is 1.21. The van der Waals surface area contributed by atoms with Crippen LogP contribution in [0, 0.1) is 0 Å². The summed E-state index contributed by atoms with van der Waals surface area (Å²) in [6.45, 7) is 0. The molecule has 6 heteroatoms. The van der Waals surface area contributed by atoms with Gasteiger partial charge in [-0.1, -0.05) is 0 Å². The van der Waals surface area contributed by atoms with E-state index in [1.54, 1.807) is 0 Å². The summed E-state index contributed by atoms with van der Waals surface area (Å²) >= 11 is 0. The summed E-state index contributed by atoms with van der Waals surface area (Å²) in [7, 11) is -1.45. The van der Waals surface area contributed by atoms with E-state index < -0.39 is 7.82 Å². The predicted molar refractivity (Wildman–Crippen MR) is 23.8 cm³/mol. The standard InChI is InChI=1S/C2H7O4P.Y/c1-5-7(3,4)6-2;/h1-2H3,(H,3,4);. The Balaban J connectivity index is 0. The summed E-state index contributed by atoms with van der Waals surface area (Å²) in [5.41, 5.74) is 0. The van der Waals surface area contributed by atoms with Gasteiger partial charge in [0.15, 0.2) is 0 Å². The molecule has 0 saturated heterocycles. The minimum atomic E-state index is -3.65. The van der Waals surface area contributed by atoms with Gasteiger partial charge in [0.25, 0.3) is 0 Å². The van der Waals surface area contributed by atoms with Crippen LogP contribution in [-0.4, -0.2) is 19.1 Å². The van der Waals surface area contributed by atoms with E-state index in [0.717, 1.165) is 14.2 Å². The van der Waals surface area contributed by atoms with E-state index in [1.807, 2.05) is 0 Å². The molecule has 0 unspecified atom stereocenters. The second kappa shape index (κ2) is 5.04. The second-order valence-electron chi connectivity index (χ2n) is 0.834. The van der Waals surface area contributed by atoms with E-state index in [1.165, 1.54) is 0 Å². The van der Waals surface area contributed by atoms with Crippen molar-refractivity contribution < 1.29 is 51.2 Å². The molecule has 1 N–H and O–H groups in total. The van der Waals surface area contributed by atoms with Crippen LogP contribution in [0.5, 0.6) is 0 Å². The number of phosphoric acid groups is 1. The monoisotopic (exact) mass is 215 g/mol. The Morgan fingerprint density at radius 2 is 1.62 bits per heavy atom. The first kappa shape index (κ1) is 11.9. The average Bonchev–Trinajstić information content (AvgIpc) is 1.68. The molecule has 0 aliphatic heterocycles. The SMILES string of the molecule is COP(=O)(O)OC.[Y]. The molecule has 0 heterocycles. The average molecular weight is 215 g/mol. The molecule has 0 aliphatic carbocycles. The van der Waals surface area contributed by atoms with Crippen molar-refractivity contribution in [3.8, 4) is 0 Å². The molecule has 4 nitrogen and oxygen atoms in total. The maximum Gasteiger partial charge on any atom is 0.471 e. The Bertz CT molecular complexity index is 86.0. The Morgan fingerprint density at radius 1 is 1.38 bits per heavy atom. The van der Waals surface area contributed by atoms with Gasteiger partial charge >= 0.3 is 7.82 Å². The van der Waals surface area contributed by atoms with Gasteiger partial charge in [0, 0.05) is 46.9 Å². The molecule has 0 atom stereocenters. The van der Waals surface area contributed by atoms with Crippen LogP contribution >= 0.6 is 7.82 Å². The molecule has 0 aromatic carbocycles. The number of phosphoric ester groups is 1. The topological polar surface area (TPSA) is 55.8 Å². The smallest absolute Gasteiger partial charge is 0.303 e. The fourth-order valence-electron chi connectivity index (χ4n) is 0.0745. The summed E-state index contributed by atoms with van der Waals surface area (Å²) in [6, 6.07) is 0. The van der Waals surface area contributed by atoms with Gasteiger partial charge in [0.1, 0.15) is 0 Å². The molecule has 0 bridgehead atoms. The number of hydrogen-bond acceptors (Lipinski definition) is 3. The molecule has 0 aromatic heterocycles. The van der Waals surface area contributed by atoms with Crippen LogP contribution in [0.15, 0.2) is 0 Å². The maximum absolute atomic E-state index is 10.1. The van der Waals surface area contributed by atoms with E-state index in [2.05, 4.69) is 9.05 Å². The molecule has 0 fully saturated rings. The molecule has 0 aromatic rings. The van der Waals surface area contributed by atoms with Gasteiger partial charge in [0.05, 0.1) is 0 Å². The molecule has 8 heavy (non-hydrogen) atoms. The molecule has 1 radical (unpaired) electrons. The Labute approximate surface area is 73.1 Å². The first-order chi connectivity index (χ1) is 3.12. The van der Waals surface area contributed by atoms with E-state index >= 15 is 0 Å². The van der Waals surface area contributed by atoms with Crippen LogP contribution < -0.4 is 0 Å². The van der Waals surface area contributed by atoms with E-state index in [4.69, 9.17) is 4.89 Å². The molecule has 0 rings (SSSR count). The fraction of sp³-hybridized carbons (Fsp3) is 1.00. The summed E-state index contributed by atoms with van der Waals surface area (Å²) in [4.78, 5) is 8.24. The van der Waals surface area contributed by atoms with Gasteiger partial charge in [-0.2, -0.15) is 0 Å². The van der Waals surface area contributed by atoms with Crippen LogP contribution in [0.25, 0.3) is 0 Å². The van der Waals surface area contributed by atoms with Crippen LogP contribution in [0.2, 0.25) is 0 Å². The Kier molecular flexibility index (Phi) is 7.52. The van der Waals surface area contributed by atoms with Gasteiger partial charge in [-0.3, -0.25) is 9.05 Å². The van der Waals surface area contributed by atoms with Crippen LogP contribution in [0.1, 0.15) is 0 Å². The fourth-order valence-corrected chi connectivity index (χ4v) is 0.224. The second-order valence-corrected chi connectivity index (χ2v) is 2.50. The van der Waals surface area contributed by atoms with Crippen LogP contribution in [0.3, 0.4) is 0 Å². The van der Waals surface area contributed by atoms with Crippen molar-refractivity contribution in [1.82, 2.24) is 0 Å². The first-order valence-corrected chi connectivity index (χ1v) is 3.06. The number of hydrogen-bond donors (Lipinski definition) is 1. The summed E-state index contributed by atoms with van der Waals surface area (Å²) in [5, 5.41) is 0. The molecular weight excluding hydrogens is 208 g/mol. The van der Waals surface area contributed by atoms with Gasteiger partial charge in [0.2, 0.25) is 0 Å². The molecular formula is C2H7O4PY. The van der Waals surface area contributed by atoms with Crippen molar-refractivity contribution in [2.75, 3.05) is 14.2 Å². The normalized spacial score (nSPS) is 10.4. The molecule has 47 valence electrons. The van der Waals surface area contributed by atoms with Gasteiger partial charge in [-0.25, -0.2) is 4.57 Å². The van der Waals surface area contributed by atoms with Crippen molar-refractivity contribution >= 4 is 7.82 Å². The summed E-state index contributed by atoms with van der Waals surface area (Å²) in [5.74, 6) is 0. The van der Waals surface area contributed by atoms with Crippen molar-refractivity contribution in [3.05, 3.63) is 0 Å². The van der Waals surface area contributed by atoms with E-state index in [0.29, 0.717) is 0 Å². The first-order valence-electron chi connectivity index (χ1n) is 1.56. The van der Waals surface area contributed by atoms with Gasteiger partial charge in [-0.05, 0) is 0 Å². The van der Waals surface area contributed by atoms with Crippen LogP contribution in [-0.2, 0) is 46.3 Å². The third kappa shape index (κ3) is 5.35. The van der Waals surface area contributed by atoms with Crippen molar-refractivity contribution in [2.45, 2.75) is 0 Å². The van der Waals surface area contributed by atoms with Crippen molar-refractivity contribution in [3.63, 3.8) is 0 Å². The molecule has 0 spiro atoms. The summed E-state index contributed by atoms with van der Waals surface area (Å²) < 4.78 is 18.0. The van der Waals surface area contributed by atoms with Gasteiger partial charge in [-0.15, -0.1) is 0 Å². The minimum Gasteiger partial charge on any atom is -0.303 e. The quantitative estimate of drug-likeness (QED) is 0.676. The van der Waals surface area contributed by atoms with E-state index in [9.17, 15) is 4.57 Å². The predicted octanol–water partition coefficient (Wildman–Crippen LogP) is 0.377. The third-order valence-electron chi connectivity index (χ3n) is 0.461. The zero-order valence-corrected chi connectivity index (χ0v) is 8.43. The number of rotatable bonds is 2.